The Balaban J connectivity index is 1.72. The Morgan fingerprint density at radius 1 is 1.47 bits per heavy atom. The second-order valence-corrected chi connectivity index (χ2v) is 5.65. The molecule has 5 heteroatoms. The number of aromatic nitrogens is 3. The SMILES string of the molecule is CCCNCc1cn(CC(O)CC2CCCC2)nn1. The molecule has 0 bridgehead atoms. The predicted octanol–water partition coefficient (Wildman–Crippen LogP) is 1.72. The van der Waals surface area contributed by atoms with E-state index in [1.54, 1.807) is 4.68 Å². The van der Waals surface area contributed by atoms with Gasteiger partial charge in [-0.25, -0.2) is 4.68 Å². The minimum Gasteiger partial charge on any atom is -0.391 e. The summed E-state index contributed by atoms with van der Waals surface area (Å²) in [6, 6.07) is 0. The van der Waals surface area contributed by atoms with E-state index < -0.39 is 0 Å². The molecule has 0 aliphatic heterocycles. The van der Waals surface area contributed by atoms with E-state index in [-0.39, 0.29) is 6.10 Å². The van der Waals surface area contributed by atoms with Gasteiger partial charge in [-0.2, -0.15) is 0 Å². The summed E-state index contributed by atoms with van der Waals surface area (Å²) < 4.78 is 1.77. The molecule has 0 aromatic carbocycles. The van der Waals surface area contributed by atoms with Crippen LogP contribution in [-0.4, -0.2) is 32.7 Å². The van der Waals surface area contributed by atoms with Gasteiger partial charge in [0.2, 0.25) is 0 Å². The normalized spacial score (nSPS) is 18.0. The number of hydrogen-bond donors (Lipinski definition) is 2. The van der Waals surface area contributed by atoms with Crippen molar-refractivity contribution in [1.29, 1.82) is 0 Å². The molecule has 1 saturated carbocycles. The minimum atomic E-state index is -0.291. The van der Waals surface area contributed by atoms with Crippen molar-refractivity contribution in [2.75, 3.05) is 6.54 Å². The summed E-state index contributed by atoms with van der Waals surface area (Å²) in [6.45, 7) is 4.46. The van der Waals surface area contributed by atoms with E-state index in [4.69, 9.17) is 0 Å². The zero-order chi connectivity index (χ0) is 13.5. The van der Waals surface area contributed by atoms with Gasteiger partial charge in [-0.1, -0.05) is 37.8 Å². The zero-order valence-corrected chi connectivity index (χ0v) is 11.9. The van der Waals surface area contributed by atoms with E-state index in [1.165, 1.54) is 25.7 Å². The Kier molecular flexibility index (Phi) is 5.79. The highest BCUT2D eigenvalue weighted by Gasteiger charge is 2.19. The molecule has 1 aromatic rings. The van der Waals surface area contributed by atoms with Crippen LogP contribution in [-0.2, 0) is 13.1 Å². The number of aliphatic hydroxyl groups is 1. The van der Waals surface area contributed by atoms with Gasteiger partial charge < -0.3 is 10.4 Å². The maximum Gasteiger partial charge on any atom is 0.0964 e. The largest absolute Gasteiger partial charge is 0.391 e. The highest BCUT2D eigenvalue weighted by Crippen LogP contribution is 2.28. The summed E-state index contributed by atoms with van der Waals surface area (Å²) in [6.07, 6.45) is 8.88. The predicted molar refractivity (Wildman–Crippen MR) is 74.6 cm³/mol. The van der Waals surface area contributed by atoms with Crippen molar-refractivity contribution in [3.8, 4) is 0 Å². The van der Waals surface area contributed by atoms with Crippen LogP contribution in [0.5, 0.6) is 0 Å². The van der Waals surface area contributed by atoms with Gasteiger partial charge in [0.05, 0.1) is 18.3 Å². The first kappa shape index (κ1) is 14.5. The standard InChI is InChI=1S/C14H26N4O/c1-2-7-15-9-13-10-18(17-16-13)11-14(19)8-12-5-3-4-6-12/h10,12,14-15,19H,2-9,11H2,1H3. The molecule has 0 saturated heterocycles. The van der Waals surface area contributed by atoms with Gasteiger partial charge in [0, 0.05) is 12.7 Å². The van der Waals surface area contributed by atoms with Gasteiger partial charge in [-0.3, -0.25) is 0 Å². The van der Waals surface area contributed by atoms with Gasteiger partial charge in [-0.15, -0.1) is 5.10 Å². The quantitative estimate of drug-likeness (QED) is 0.703. The van der Waals surface area contributed by atoms with E-state index in [0.717, 1.165) is 31.6 Å². The Hall–Kier alpha value is -0.940. The molecule has 1 aromatic heterocycles. The lowest BCUT2D eigenvalue weighted by molar-refractivity contribution is 0.120. The molecule has 19 heavy (non-hydrogen) atoms. The van der Waals surface area contributed by atoms with E-state index in [2.05, 4.69) is 22.6 Å². The van der Waals surface area contributed by atoms with Crippen LogP contribution in [0.3, 0.4) is 0 Å². The molecule has 0 amide bonds. The van der Waals surface area contributed by atoms with Crippen LogP contribution in [0.15, 0.2) is 6.20 Å². The summed E-state index contributed by atoms with van der Waals surface area (Å²) in [5, 5.41) is 21.6. The number of nitrogens with zero attached hydrogens (tertiary/aromatic N) is 3. The van der Waals surface area contributed by atoms with Crippen molar-refractivity contribution in [1.82, 2.24) is 20.3 Å². The molecular formula is C14H26N4O. The first-order chi connectivity index (χ1) is 9.28. The van der Waals surface area contributed by atoms with Gasteiger partial charge in [0.25, 0.3) is 0 Å². The Morgan fingerprint density at radius 2 is 2.26 bits per heavy atom. The average Bonchev–Trinajstić information content (AvgIpc) is 3.02. The summed E-state index contributed by atoms with van der Waals surface area (Å²) in [7, 11) is 0. The summed E-state index contributed by atoms with van der Waals surface area (Å²) in [5.74, 6) is 0.712. The van der Waals surface area contributed by atoms with Crippen LogP contribution < -0.4 is 5.32 Å². The lowest BCUT2D eigenvalue weighted by Crippen LogP contribution is -2.19. The van der Waals surface area contributed by atoms with E-state index >= 15 is 0 Å². The summed E-state index contributed by atoms with van der Waals surface area (Å²) in [5.41, 5.74) is 0.946. The second kappa shape index (κ2) is 7.60. The molecule has 0 radical (unpaired) electrons. The third-order valence-corrected chi connectivity index (χ3v) is 3.80. The topological polar surface area (TPSA) is 63.0 Å². The van der Waals surface area contributed by atoms with Crippen molar-refractivity contribution in [3.63, 3.8) is 0 Å². The first-order valence-electron chi connectivity index (χ1n) is 7.55. The monoisotopic (exact) mass is 266 g/mol. The molecule has 0 spiro atoms. The fourth-order valence-corrected chi connectivity index (χ4v) is 2.82. The molecule has 1 heterocycles. The maximum atomic E-state index is 10.1. The highest BCUT2D eigenvalue weighted by atomic mass is 16.3. The summed E-state index contributed by atoms with van der Waals surface area (Å²) >= 11 is 0. The molecule has 1 aliphatic rings. The lowest BCUT2D eigenvalue weighted by Gasteiger charge is -2.14. The Labute approximate surface area is 115 Å². The fourth-order valence-electron chi connectivity index (χ4n) is 2.82. The van der Waals surface area contributed by atoms with Crippen molar-refractivity contribution in [2.24, 2.45) is 5.92 Å². The van der Waals surface area contributed by atoms with E-state index in [0.29, 0.717) is 12.5 Å². The maximum absolute atomic E-state index is 10.1. The molecule has 1 aliphatic carbocycles. The fraction of sp³-hybridized carbons (Fsp3) is 0.857. The smallest absolute Gasteiger partial charge is 0.0964 e. The Bertz CT molecular complexity index is 360. The molecular weight excluding hydrogens is 240 g/mol. The van der Waals surface area contributed by atoms with Gasteiger partial charge in [0.15, 0.2) is 0 Å². The van der Waals surface area contributed by atoms with Crippen LogP contribution in [0, 0.1) is 5.92 Å². The van der Waals surface area contributed by atoms with Crippen LogP contribution in [0.25, 0.3) is 0 Å². The summed E-state index contributed by atoms with van der Waals surface area (Å²) in [4.78, 5) is 0. The molecule has 5 nitrogen and oxygen atoms in total. The average molecular weight is 266 g/mol. The van der Waals surface area contributed by atoms with Crippen molar-refractivity contribution in [3.05, 3.63) is 11.9 Å². The van der Waals surface area contributed by atoms with Crippen molar-refractivity contribution in [2.45, 2.75) is 64.6 Å². The molecule has 2 rings (SSSR count). The third kappa shape index (κ3) is 4.91. The van der Waals surface area contributed by atoms with Crippen molar-refractivity contribution < 1.29 is 5.11 Å². The second-order valence-electron chi connectivity index (χ2n) is 5.65. The molecule has 108 valence electrons. The Morgan fingerprint density at radius 3 is 3.00 bits per heavy atom. The van der Waals surface area contributed by atoms with Gasteiger partial charge in [-0.05, 0) is 25.3 Å². The van der Waals surface area contributed by atoms with Crippen LogP contribution in [0.2, 0.25) is 0 Å². The van der Waals surface area contributed by atoms with Gasteiger partial charge in [0.1, 0.15) is 0 Å². The lowest BCUT2D eigenvalue weighted by atomic mass is 10.0. The van der Waals surface area contributed by atoms with E-state index in [1.807, 2.05) is 6.20 Å². The van der Waals surface area contributed by atoms with Crippen LogP contribution in [0.1, 0.15) is 51.1 Å². The molecule has 1 fully saturated rings. The highest BCUT2D eigenvalue weighted by molar-refractivity contribution is 4.91. The minimum absolute atomic E-state index is 0.291. The molecule has 1 atom stereocenters. The number of hydrogen-bond acceptors (Lipinski definition) is 4. The van der Waals surface area contributed by atoms with Crippen LogP contribution in [0.4, 0.5) is 0 Å². The van der Waals surface area contributed by atoms with Gasteiger partial charge >= 0.3 is 0 Å². The third-order valence-electron chi connectivity index (χ3n) is 3.80. The zero-order valence-electron chi connectivity index (χ0n) is 11.9. The number of rotatable bonds is 8. The molecule has 2 N–H and O–H groups in total. The first-order valence-corrected chi connectivity index (χ1v) is 7.55. The van der Waals surface area contributed by atoms with Crippen LogP contribution >= 0.6 is 0 Å². The number of nitrogens with one attached hydrogen (secondary N) is 1. The molecule has 1 unspecified atom stereocenters. The van der Waals surface area contributed by atoms with E-state index in [9.17, 15) is 5.11 Å². The number of aliphatic hydroxyl groups excluding tert-OH is 1. The van der Waals surface area contributed by atoms with Crippen molar-refractivity contribution >= 4 is 0 Å².